The molecule has 0 atom stereocenters. The van der Waals surface area contributed by atoms with Crippen molar-refractivity contribution >= 4 is 122 Å². The summed E-state index contributed by atoms with van der Waals surface area (Å²) < 4.78 is 12.1. The third-order valence-electron chi connectivity index (χ3n) is 11.6. The minimum absolute atomic E-state index is 0.0238. The molecule has 3 amide bonds. The van der Waals surface area contributed by atoms with Crippen molar-refractivity contribution in [3.05, 3.63) is 176 Å². The van der Waals surface area contributed by atoms with E-state index in [0.29, 0.717) is 53.3 Å². The Morgan fingerprint density at radius 3 is 1.39 bits per heavy atom. The highest BCUT2D eigenvalue weighted by molar-refractivity contribution is 7.22. The van der Waals surface area contributed by atoms with Gasteiger partial charge in [-0.15, -0.1) is 0 Å². The van der Waals surface area contributed by atoms with Gasteiger partial charge in [-0.1, -0.05) is 141 Å². The number of amides is 3. The molecule has 4 aromatic heterocycles. The van der Waals surface area contributed by atoms with Crippen molar-refractivity contribution in [2.75, 3.05) is 21.7 Å². The summed E-state index contributed by atoms with van der Waals surface area (Å²) in [6.45, 7) is 14.7. The predicted molar refractivity (Wildman–Crippen MR) is 336 cm³/mol. The number of carboxylic acid groups (broad SMARTS) is 1. The molecule has 0 unspecified atom stereocenters. The lowest BCUT2D eigenvalue weighted by molar-refractivity contribution is -0.385. The first kappa shape index (κ1) is 61.5. The maximum absolute atomic E-state index is 13.1. The van der Waals surface area contributed by atoms with Gasteiger partial charge in [0.05, 0.1) is 64.3 Å². The fourth-order valence-corrected chi connectivity index (χ4v) is 11.7. The van der Waals surface area contributed by atoms with Crippen LogP contribution in [0.4, 0.5) is 41.5 Å². The maximum Gasteiger partial charge on any atom is 0.413 e. The normalized spacial score (nSPS) is 11.2. The molecule has 0 radical (unpaired) electrons. The van der Waals surface area contributed by atoms with Crippen molar-refractivity contribution in [3.63, 3.8) is 0 Å². The number of nitrogens with zero attached hydrogens (tertiary/aromatic N) is 6. The minimum atomic E-state index is -0.883. The van der Waals surface area contributed by atoms with Gasteiger partial charge in [0.1, 0.15) is 11.2 Å². The van der Waals surface area contributed by atoms with Gasteiger partial charge in [0.2, 0.25) is 5.91 Å². The number of ether oxygens (including phenoxy) is 2. The first-order chi connectivity index (χ1) is 40.2. The lowest BCUT2D eigenvalue weighted by Gasteiger charge is -2.18. The Hall–Kier alpha value is -9.56. The van der Waals surface area contributed by atoms with Crippen molar-refractivity contribution in [3.8, 4) is 43.4 Å². The van der Waals surface area contributed by atoms with E-state index in [1.165, 1.54) is 63.5 Å². The molecule has 6 aromatic carbocycles. The molecule has 436 valence electrons. The lowest BCUT2D eigenvalue weighted by Crippen LogP contribution is -2.27. The zero-order valence-electron chi connectivity index (χ0n) is 47.0. The molecule has 4 heterocycles. The van der Waals surface area contributed by atoms with Gasteiger partial charge in [0, 0.05) is 46.5 Å². The van der Waals surface area contributed by atoms with E-state index in [-0.39, 0.29) is 30.1 Å². The summed E-state index contributed by atoms with van der Waals surface area (Å²) in [5.74, 6) is -1.15. The van der Waals surface area contributed by atoms with Crippen LogP contribution in [0.3, 0.4) is 0 Å². The van der Waals surface area contributed by atoms with Crippen LogP contribution in [0.15, 0.2) is 133 Å². The van der Waals surface area contributed by atoms with E-state index in [2.05, 4.69) is 30.9 Å². The highest BCUT2D eigenvalue weighted by Gasteiger charge is 2.22. The van der Waals surface area contributed by atoms with Gasteiger partial charge in [-0.05, 0) is 90.8 Å². The molecule has 0 fully saturated rings. The molecule has 10 rings (SSSR count). The van der Waals surface area contributed by atoms with E-state index in [1.807, 2.05) is 80.6 Å². The van der Waals surface area contributed by atoms with Crippen molar-refractivity contribution in [1.29, 1.82) is 0 Å². The molecule has 0 saturated heterocycles. The van der Waals surface area contributed by atoms with Crippen molar-refractivity contribution < 1.29 is 43.6 Å². The van der Waals surface area contributed by atoms with Gasteiger partial charge in [-0.3, -0.25) is 40.5 Å². The quantitative estimate of drug-likeness (QED) is 0.0529. The van der Waals surface area contributed by atoms with Crippen LogP contribution in [-0.4, -0.2) is 70.2 Å². The largest absolute Gasteiger partial charge is 0.481 e. The second-order valence-electron chi connectivity index (χ2n) is 21.0. The van der Waals surface area contributed by atoms with Crippen molar-refractivity contribution in [2.24, 2.45) is 0 Å². The molecule has 6 N–H and O–H groups in total. The van der Waals surface area contributed by atoms with Crippen LogP contribution >= 0.6 is 45.3 Å². The molecular weight excluding hydrogens is 1160 g/mol. The smallest absolute Gasteiger partial charge is 0.413 e. The monoisotopic (exact) mass is 1220 g/mol. The number of aromatic nitrogens is 4. The number of nitrogens with two attached hydrogens (primary N) is 1. The summed E-state index contributed by atoms with van der Waals surface area (Å²) in [5, 5.41) is 40.9. The zero-order chi connectivity index (χ0) is 61.3. The van der Waals surface area contributed by atoms with Crippen LogP contribution in [-0.2, 0) is 31.9 Å². The van der Waals surface area contributed by atoms with Gasteiger partial charge in [0.15, 0.2) is 20.5 Å². The number of aliphatic carboxylic acids is 1. The third kappa shape index (κ3) is 17.3. The predicted octanol–water partition coefficient (Wildman–Crippen LogP) is 15.4. The Kier molecular flexibility index (Phi) is 19.1. The summed E-state index contributed by atoms with van der Waals surface area (Å²) in [7, 11) is 0. The molecular formula is C60H56N10O11S4. The van der Waals surface area contributed by atoms with Crippen molar-refractivity contribution in [1.82, 2.24) is 19.9 Å². The Morgan fingerprint density at radius 2 is 0.953 bits per heavy atom. The summed E-state index contributed by atoms with van der Waals surface area (Å²) in [6.07, 6.45) is -1.09. The van der Waals surface area contributed by atoms with Crippen LogP contribution in [0.25, 0.3) is 63.8 Å². The number of non-ortho nitro benzene ring substituents is 2. The van der Waals surface area contributed by atoms with Crippen LogP contribution in [0.2, 0.25) is 0 Å². The number of aryl methyl sites for hydroxylation is 2. The van der Waals surface area contributed by atoms with E-state index in [4.69, 9.17) is 25.3 Å². The number of anilines is 4. The number of fused-ring (bicyclic) bond motifs is 2. The van der Waals surface area contributed by atoms with Crippen LogP contribution < -0.4 is 21.7 Å². The van der Waals surface area contributed by atoms with E-state index in [1.54, 1.807) is 90.1 Å². The number of rotatable bonds is 13. The molecule has 25 heteroatoms. The number of nitro groups is 2. The number of thiazole rings is 4. The summed E-state index contributed by atoms with van der Waals surface area (Å²) in [5.41, 5.74) is 14.4. The average Bonchev–Trinajstić information content (AvgIpc) is 2.77. The second-order valence-corrected chi connectivity index (χ2v) is 25.1. The lowest BCUT2D eigenvalue weighted by atomic mass is 10.1. The Labute approximate surface area is 502 Å². The van der Waals surface area contributed by atoms with E-state index < -0.39 is 39.2 Å². The van der Waals surface area contributed by atoms with Gasteiger partial charge >= 0.3 is 18.2 Å². The summed E-state index contributed by atoms with van der Waals surface area (Å²) in [6, 6.07) is 39.4. The van der Waals surface area contributed by atoms with Crippen molar-refractivity contribution in [2.45, 2.75) is 79.4 Å². The van der Waals surface area contributed by atoms with E-state index in [9.17, 15) is 39.4 Å². The topological polar surface area (TPSA) is 307 Å². The van der Waals surface area contributed by atoms with Gasteiger partial charge < -0.3 is 25.6 Å². The first-order valence-electron chi connectivity index (χ1n) is 25.9. The first-order valence-corrected chi connectivity index (χ1v) is 29.2. The summed E-state index contributed by atoms with van der Waals surface area (Å²) >= 11 is 5.16. The number of carbonyl (C=O) groups excluding carboxylic acids is 3. The highest BCUT2D eigenvalue weighted by atomic mass is 32.1. The SMILES string of the molecule is CC(C)(C)OC(=O)Nc1nc2ccc(CC(=O)O)cc2s1.Cc1ccc(-c2nc(N)sc2-c2cccc([N+](=O)[O-])c2)cc1.Cc1ccc(-c2nc(NC(=O)Cc3ccc4nc(NC(=O)OC(C)(C)C)sc4c3)sc2-c2cccc([N+](=O)[O-])c2)cc1. The molecule has 85 heavy (non-hydrogen) atoms. The van der Waals surface area contributed by atoms with E-state index >= 15 is 0 Å². The average molecular weight is 1220 g/mol. The molecule has 0 saturated carbocycles. The molecule has 21 nitrogen and oxygen atoms in total. The number of hydrogen-bond donors (Lipinski definition) is 5. The number of carbonyl (C=O) groups is 4. The Balaban J connectivity index is 0.000000183. The third-order valence-corrected chi connectivity index (χ3v) is 15.5. The second kappa shape index (κ2) is 26.3. The number of nitrogen functional groups attached to an aromatic ring is 1. The molecule has 10 aromatic rings. The Bertz CT molecular complexity index is 4120. The van der Waals surface area contributed by atoms with Crippen LogP contribution in [0.5, 0.6) is 0 Å². The Morgan fingerprint density at radius 1 is 0.529 bits per heavy atom. The minimum Gasteiger partial charge on any atom is -0.481 e. The fraction of sp³-hybridized carbons (Fsp3) is 0.200. The number of benzene rings is 6. The van der Waals surface area contributed by atoms with E-state index in [0.717, 1.165) is 53.4 Å². The maximum atomic E-state index is 13.1. The number of carboxylic acids is 1. The highest BCUT2D eigenvalue weighted by Crippen LogP contribution is 2.41. The van der Waals surface area contributed by atoms with Gasteiger partial charge in [-0.25, -0.2) is 29.5 Å². The fourth-order valence-electron chi connectivity index (χ4n) is 8.01. The van der Waals surface area contributed by atoms with Gasteiger partial charge in [-0.2, -0.15) is 0 Å². The number of nitro benzene ring substituents is 2. The molecule has 0 aliphatic carbocycles. The molecule has 0 bridgehead atoms. The van der Waals surface area contributed by atoms with Gasteiger partial charge in [0.25, 0.3) is 11.4 Å². The number of nitrogens with one attached hydrogen (secondary N) is 3. The molecule has 0 aliphatic heterocycles. The summed E-state index contributed by atoms with van der Waals surface area (Å²) in [4.78, 5) is 88.4. The van der Waals surface area contributed by atoms with Crippen LogP contribution in [0.1, 0.15) is 63.8 Å². The molecule has 0 aliphatic rings. The number of hydrogen-bond acceptors (Lipinski definition) is 19. The molecule has 0 spiro atoms. The van der Waals surface area contributed by atoms with Crippen LogP contribution in [0, 0.1) is 34.1 Å². The zero-order valence-corrected chi connectivity index (χ0v) is 50.3. The standard InChI is InChI=1S/C30H27N5O5S2.C16H13N3O2S.C14H16N2O4S/c1-17-8-11-19(12-9-17)25-26(20-6-5-7-21(16-20)35(38)39)42-28(33-25)32-24(36)15-18-10-13-22-23(14-18)41-27(31-22)34-29(37)40-30(2,3)4;1-10-5-7-11(8-6-10)14-15(22-16(17)18-14)12-3-2-4-13(9-12)19(20)21;1-14(2,3)20-13(19)16-12-15-9-5-4-8(7-11(17)18)6-10(9)21-12/h5-14,16H,15H2,1-4H3,(H,31,34,37)(H,32,33,36);2-9H,1H3,(H2,17,18);4-6H,7H2,1-3H3,(H,17,18)(H,15,16,19).